The molecule has 0 saturated carbocycles. The third-order valence-corrected chi connectivity index (χ3v) is 4.20. The van der Waals surface area contributed by atoms with Crippen molar-refractivity contribution in [2.24, 2.45) is 0 Å². The van der Waals surface area contributed by atoms with Gasteiger partial charge < -0.3 is 14.5 Å². The number of nitrogens with zero attached hydrogens (tertiary/aromatic N) is 4. The first-order valence-electron chi connectivity index (χ1n) is 9.23. The fourth-order valence-corrected chi connectivity index (χ4v) is 2.86. The smallest absolute Gasteiger partial charge is 0.410 e. The first kappa shape index (κ1) is 20.7. The molecule has 0 radical (unpaired) electrons. The van der Waals surface area contributed by atoms with Crippen LogP contribution in [0.15, 0.2) is 30.3 Å². The molecule has 0 atom stereocenters. The molecule has 7 nitrogen and oxygen atoms in total. The van der Waals surface area contributed by atoms with E-state index in [1.165, 1.54) is 0 Å². The van der Waals surface area contributed by atoms with E-state index in [1.807, 2.05) is 56.0 Å². The van der Waals surface area contributed by atoms with Crippen LogP contribution in [0.5, 0.6) is 0 Å². The van der Waals surface area contributed by atoms with Crippen molar-refractivity contribution >= 4 is 17.7 Å². The number of carbonyl (C=O) groups excluding carboxylic acids is 2. The van der Waals surface area contributed by atoms with Crippen LogP contribution in [0.25, 0.3) is 0 Å². The first-order valence-corrected chi connectivity index (χ1v) is 9.23. The second-order valence-electron chi connectivity index (χ2n) is 7.53. The van der Waals surface area contributed by atoms with Gasteiger partial charge in [0.1, 0.15) is 5.60 Å². The topological polar surface area (TPSA) is 76.9 Å². The normalized spacial score (nSPS) is 15.1. The highest BCUT2D eigenvalue weighted by Crippen LogP contribution is 2.16. The quantitative estimate of drug-likeness (QED) is 0.794. The molecule has 2 rings (SSSR count). The highest BCUT2D eigenvalue weighted by molar-refractivity contribution is 5.94. The minimum atomic E-state index is -0.513. The van der Waals surface area contributed by atoms with Crippen LogP contribution in [-0.2, 0) is 9.53 Å². The summed E-state index contributed by atoms with van der Waals surface area (Å²) >= 11 is 0. The maximum absolute atomic E-state index is 12.8. The van der Waals surface area contributed by atoms with Crippen molar-refractivity contribution in [3.63, 3.8) is 0 Å². The van der Waals surface area contributed by atoms with Gasteiger partial charge in [0, 0.05) is 38.4 Å². The second kappa shape index (κ2) is 9.38. The molecule has 0 aromatic heterocycles. The van der Waals surface area contributed by atoms with Crippen LogP contribution in [0.1, 0.15) is 27.2 Å². The zero-order valence-corrected chi connectivity index (χ0v) is 16.4. The van der Waals surface area contributed by atoms with Crippen LogP contribution >= 0.6 is 0 Å². The number of hydrogen-bond acceptors (Lipinski definition) is 5. The molecule has 1 aromatic carbocycles. The molecule has 7 heteroatoms. The van der Waals surface area contributed by atoms with E-state index in [0.29, 0.717) is 32.7 Å². The zero-order valence-electron chi connectivity index (χ0n) is 16.4. The maximum Gasteiger partial charge on any atom is 0.410 e. The molecule has 1 aliphatic rings. The number of rotatable bonds is 5. The molecule has 0 aliphatic carbocycles. The highest BCUT2D eigenvalue weighted by Gasteiger charge is 2.27. The Hall–Kier alpha value is -2.59. The summed E-state index contributed by atoms with van der Waals surface area (Å²) < 4.78 is 5.40. The number of piperazine rings is 1. The number of amides is 2. The summed E-state index contributed by atoms with van der Waals surface area (Å²) in [5.74, 6) is -0.0397. The summed E-state index contributed by atoms with van der Waals surface area (Å²) in [5.41, 5.74) is 0.284. The van der Waals surface area contributed by atoms with Crippen molar-refractivity contribution < 1.29 is 14.3 Å². The Bertz CT molecular complexity index is 671. The van der Waals surface area contributed by atoms with Crippen molar-refractivity contribution in [2.75, 3.05) is 44.2 Å². The van der Waals surface area contributed by atoms with Gasteiger partial charge in [-0.25, -0.2) is 4.79 Å². The zero-order chi connectivity index (χ0) is 19.9. The summed E-state index contributed by atoms with van der Waals surface area (Å²) in [4.78, 5) is 30.3. The summed E-state index contributed by atoms with van der Waals surface area (Å²) in [5, 5.41) is 8.88. The Morgan fingerprint density at radius 3 is 2.33 bits per heavy atom. The van der Waals surface area contributed by atoms with Crippen LogP contribution < -0.4 is 4.90 Å². The second-order valence-corrected chi connectivity index (χ2v) is 7.53. The fourth-order valence-electron chi connectivity index (χ4n) is 2.86. The van der Waals surface area contributed by atoms with Gasteiger partial charge in [-0.05, 0) is 32.9 Å². The molecular weight excluding hydrogens is 344 g/mol. The van der Waals surface area contributed by atoms with E-state index in [-0.39, 0.29) is 25.0 Å². The van der Waals surface area contributed by atoms with Gasteiger partial charge in [-0.3, -0.25) is 9.69 Å². The molecule has 146 valence electrons. The van der Waals surface area contributed by atoms with Crippen molar-refractivity contribution in [1.82, 2.24) is 9.80 Å². The van der Waals surface area contributed by atoms with E-state index in [0.717, 1.165) is 5.69 Å². The van der Waals surface area contributed by atoms with Gasteiger partial charge in [0.25, 0.3) is 0 Å². The number of benzene rings is 1. The number of anilines is 1. The van der Waals surface area contributed by atoms with E-state index < -0.39 is 5.60 Å². The first-order chi connectivity index (χ1) is 12.8. The molecule has 1 aromatic rings. The molecule has 2 amide bonds. The van der Waals surface area contributed by atoms with E-state index >= 15 is 0 Å². The largest absolute Gasteiger partial charge is 0.444 e. The fraction of sp³-hybridized carbons (Fsp3) is 0.550. The van der Waals surface area contributed by atoms with Crippen molar-refractivity contribution in [3.05, 3.63) is 30.3 Å². The third kappa shape index (κ3) is 6.57. The number of carbonyl (C=O) groups is 2. The summed E-state index contributed by atoms with van der Waals surface area (Å²) in [6.45, 7) is 8.48. The maximum atomic E-state index is 12.8. The molecule has 0 N–H and O–H groups in total. The average molecular weight is 372 g/mol. The lowest BCUT2D eigenvalue weighted by atomic mass is 10.2. The van der Waals surface area contributed by atoms with Crippen LogP contribution in [0.3, 0.4) is 0 Å². The van der Waals surface area contributed by atoms with E-state index in [9.17, 15) is 9.59 Å². The standard InChI is InChI=1S/C20H28N4O3/c1-20(2,3)27-19(26)23-14-12-22(13-15-23)16-18(25)24(11-7-10-21)17-8-5-4-6-9-17/h4-6,8-9H,7,11-16H2,1-3H3. The highest BCUT2D eigenvalue weighted by atomic mass is 16.6. The molecule has 0 bridgehead atoms. The Labute approximate surface area is 161 Å². The van der Waals surface area contributed by atoms with Crippen molar-refractivity contribution in [2.45, 2.75) is 32.8 Å². The van der Waals surface area contributed by atoms with Gasteiger partial charge in [-0.15, -0.1) is 0 Å². The Balaban J connectivity index is 1.90. The van der Waals surface area contributed by atoms with Crippen LogP contribution in [0, 0.1) is 11.3 Å². The molecule has 27 heavy (non-hydrogen) atoms. The predicted molar refractivity (Wildman–Crippen MR) is 103 cm³/mol. The molecule has 0 unspecified atom stereocenters. The lowest BCUT2D eigenvalue weighted by Gasteiger charge is -2.36. The van der Waals surface area contributed by atoms with E-state index in [1.54, 1.807) is 9.80 Å². The van der Waals surface area contributed by atoms with Gasteiger partial charge in [0.15, 0.2) is 0 Å². The predicted octanol–water partition coefficient (Wildman–Crippen LogP) is 2.49. The van der Waals surface area contributed by atoms with E-state index in [2.05, 4.69) is 6.07 Å². The monoisotopic (exact) mass is 372 g/mol. The summed E-state index contributed by atoms with van der Waals surface area (Å²) in [6.07, 6.45) is -0.0269. The lowest BCUT2D eigenvalue weighted by molar-refractivity contribution is -0.120. The SMILES string of the molecule is CC(C)(C)OC(=O)N1CCN(CC(=O)N(CCC#N)c2ccccc2)CC1. The molecule has 1 saturated heterocycles. The molecule has 1 heterocycles. The van der Waals surface area contributed by atoms with Crippen LogP contribution in [0.2, 0.25) is 0 Å². The Kier molecular flexibility index (Phi) is 7.19. The Morgan fingerprint density at radius 2 is 1.78 bits per heavy atom. The minimum absolute atomic E-state index is 0.0397. The number of ether oxygens (including phenoxy) is 1. The van der Waals surface area contributed by atoms with Crippen LogP contribution in [-0.4, -0.2) is 66.7 Å². The lowest BCUT2D eigenvalue weighted by Crippen LogP contribution is -2.52. The summed E-state index contributed by atoms with van der Waals surface area (Å²) in [6, 6.07) is 11.5. The molecule has 0 spiro atoms. The number of para-hydroxylation sites is 1. The van der Waals surface area contributed by atoms with E-state index in [4.69, 9.17) is 10.00 Å². The number of hydrogen-bond donors (Lipinski definition) is 0. The third-order valence-electron chi connectivity index (χ3n) is 4.20. The van der Waals surface area contributed by atoms with Gasteiger partial charge in [-0.1, -0.05) is 18.2 Å². The molecule has 1 fully saturated rings. The Morgan fingerprint density at radius 1 is 1.15 bits per heavy atom. The molecular formula is C20H28N4O3. The average Bonchev–Trinajstić information content (AvgIpc) is 2.62. The number of nitriles is 1. The minimum Gasteiger partial charge on any atom is -0.444 e. The van der Waals surface area contributed by atoms with Crippen LogP contribution in [0.4, 0.5) is 10.5 Å². The van der Waals surface area contributed by atoms with Crippen molar-refractivity contribution in [3.8, 4) is 6.07 Å². The molecule has 1 aliphatic heterocycles. The van der Waals surface area contributed by atoms with Gasteiger partial charge >= 0.3 is 6.09 Å². The summed E-state index contributed by atoms with van der Waals surface area (Å²) in [7, 11) is 0. The van der Waals surface area contributed by atoms with Gasteiger partial charge in [0.2, 0.25) is 5.91 Å². The van der Waals surface area contributed by atoms with Crippen molar-refractivity contribution in [1.29, 1.82) is 5.26 Å². The van der Waals surface area contributed by atoms with Gasteiger partial charge in [-0.2, -0.15) is 5.26 Å². The van der Waals surface area contributed by atoms with Gasteiger partial charge in [0.05, 0.1) is 19.0 Å².